The summed E-state index contributed by atoms with van der Waals surface area (Å²) in [5.74, 6) is -3.85. The predicted molar refractivity (Wildman–Crippen MR) is 92.3 cm³/mol. The van der Waals surface area contributed by atoms with Gasteiger partial charge in [0.05, 0.1) is 12.1 Å². The Morgan fingerprint density at radius 2 is 1.92 bits per heavy atom. The zero-order chi connectivity index (χ0) is 17.4. The van der Waals surface area contributed by atoms with Gasteiger partial charge in [-0.15, -0.1) is 0 Å². The van der Waals surface area contributed by atoms with Crippen LogP contribution in [0.3, 0.4) is 0 Å². The lowest BCUT2D eigenvalue weighted by Crippen LogP contribution is -2.04. The molecule has 1 aromatic heterocycles. The summed E-state index contributed by atoms with van der Waals surface area (Å²) >= 11 is 2.06. The minimum absolute atomic E-state index is 0.189. The van der Waals surface area contributed by atoms with Crippen molar-refractivity contribution in [1.82, 2.24) is 4.98 Å². The number of aromatic nitrogens is 1. The molecule has 0 atom stereocenters. The van der Waals surface area contributed by atoms with Gasteiger partial charge in [0.25, 0.3) is 0 Å². The Balaban J connectivity index is 2.26. The van der Waals surface area contributed by atoms with Gasteiger partial charge in [0.1, 0.15) is 11.5 Å². The fourth-order valence-electron chi connectivity index (χ4n) is 2.48. The van der Waals surface area contributed by atoms with Crippen LogP contribution in [0.2, 0.25) is 0 Å². The third-order valence-corrected chi connectivity index (χ3v) is 4.46. The minimum Gasteiger partial charge on any atom is -0.461 e. The van der Waals surface area contributed by atoms with Crippen LogP contribution in [0.1, 0.15) is 17.4 Å². The summed E-state index contributed by atoms with van der Waals surface area (Å²) in [4.78, 5) is 14.8. The van der Waals surface area contributed by atoms with E-state index in [-0.39, 0.29) is 23.4 Å². The summed E-state index contributed by atoms with van der Waals surface area (Å²) in [6.45, 7) is 1.89. The molecule has 0 bridgehead atoms. The molecule has 3 nitrogen and oxygen atoms in total. The molecule has 7 heteroatoms. The Hall–Kier alpha value is -2.03. The molecular weight excluding hydrogens is 434 g/mol. The number of halogens is 4. The van der Waals surface area contributed by atoms with Crippen LogP contribution in [-0.4, -0.2) is 17.6 Å². The van der Waals surface area contributed by atoms with E-state index in [4.69, 9.17) is 4.74 Å². The maximum absolute atomic E-state index is 14.1. The molecule has 24 heavy (non-hydrogen) atoms. The van der Waals surface area contributed by atoms with Crippen molar-refractivity contribution in [2.24, 2.45) is 0 Å². The molecule has 3 aromatic rings. The van der Waals surface area contributed by atoms with Crippen LogP contribution in [0.25, 0.3) is 22.0 Å². The number of hydrogen-bond donors (Lipinski definition) is 1. The SMILES string of the molecule is CCOC(=O)c1cc2c(I)ccc(-c3cc(F)cc(F)c3F)c2[nH]1. The lowest BCUT2D eigenvalue weighted by Gasteiger charge is -2.07. The number of rotatable bonds is 3. The number of benzene rings is 2. The van der Waals surface area contributed by atoms with E-state index in [1.807, 2.05) is 0 Å². The number of aromatic amines is 1. The van der Waals surface area contributed by atoms with Crippen LogP contribution in [0, 0.1) is 21.0 Å². The van der Waals surface area contributed by atoms with Crippen LogP contribution < -0.4 is 0 Å². The van der Waals surface area contributed by atoms with Crippen LogP contribution in [-0.2, 0) is 4.74 Å². The van der Waals surface area contributed by atoms with Gasteiger partial charge in [-0.05, 0) is 47.7 Å². The number of carbonyl (C=O) groups excluding carboxylic acids is 1. The molecule has 0 spiro atoms. The number of hydrogen-bond acceptors (Lipinski definition) is 2. The lowest BCUT2D eigenvalue weighted by atomic mass is 10.0. The first-order chi connectivity index (χ1) is 11.4. The van der Waals surface area contributed by atoms with Gasteiger partial charge in [0.15, 0.2) is 11.6 Å². The van der Waals surface area contributed by atoms with E-state index >= 15 is 0 Å². The van der Waals surface area contributed by atoms with Gasteiger partial charge in [-0.3, -0.25) is 0 Å². The van der Waals surface area contributed by atoms with Crippen molar-refractivity contribution in [1.29, 1.82) is 0 Å². The molecule has 0 aliphatic carbocycles. The molecule has 3 rings (SSSR count). The predicted octanol–water partition coefficient (Wildman–Crippen LogP) is 5.03. The summed E-state index contributed by atoms with van der Waals surface area (Å²) in [7, 11) is 0. The molecule has 0 radical (unpaired) electrons. The molecule has 0 saturated carbocycles. The summed E-state index contributed by atoms with van der Waals surface area (Å²) in [6.07, 6.45) is 0. The highest BCUT2D eigenvalue weighted by molar-refractivity contribution is 14.1. The van der Waals surface area contributed by atoms with E-state index in [0.717, 1.165) is 9.64 Å². The van der Waals surface area contributed by atoms with Crippen molar-refractivity contribution in [2.75, 3.05) is 6.61 Å². The van der Waals surface area contributed by atoms with Gasteiger partial charge in [0.2, 0.25) is 0 Å². The molecule has 0 amide bonds. The van der Waals surface area contributed by atoms with Gasteiger partial charge in [-0.1, -0.05) is 6.07 Å². The molecule has 0 unspecified atom stereocenters. The number of esters is 1. The molecule has 0 saturated heterocycles. The van der Waals surface area contributed by atoms with Crippen molar-refractivity contribution < 1.29 is 22.7 Å². The quantitative estimate of drug-likeness (QED) is 0.349. The monoisotopic (exact) mass is 445 g/mol. The smallest absolute Gasteiger partial charge is 0.354 e. The summed E-state index contributed by atoms with van der Waals surface area (Å²) in [5, 5.41) is 0.639. The molecular formula is C17H11F3INO2. The van der Waals surface area contributed by atoms with Crippen LogP contribution >= 0.6 is 22.6 Å². The second-order valence-electron chi connectivity index (χ2n) is 5.04. The largest absolute Gasteiger partial charge is 0.461 e. The van der Waals surface area contributed by atoms with Gasteiger partial charge in [0, 0.05) is 26.1 Å². The summed E-state index contributed by atoms with van der Waals surface area (Å²) in [5.41, 5.74) is 0.645. The maximum atomic E-state index is 14.1. The average Bonchev–Trinajstić information content (AvgIpc) is 2.98. The van der Waals surface area contributed by atoms with Crippen molar-refractivity contribution in [2.45, 2.75) is 6.92 Å². The Kier molecular flexibility index (Phi) is 4.53. The molecule has 1 N–H and O–H groups in total. The number of nitrogens with one attached hydrogen (secondary N) is 1. The highest BCUT2D eigenvalue weighted by atomic mass is 127. The van der Waals surface area contributed by atoms with Gasteiger partial charge >= 0.3 is 5.97 Å². The van der Waals surface area contributed by atoms with E-state index in [1.165, 1.54) is 0 Å². The van der Waals surface area contributed by atoms with E-state index in [9.17, 15) is 18.0 Å². The zero-order valence-electron chi connectivity index (χ0n) is 12.4. The van der Waals surface area contributed by atoms with Crippen molar-refractivity contribution in [3.8, 4) is 11.1 Å². The second kappa shape index (κ2) is 6.46. The topological polar surface area (TPSA) is 42.1 Å². The first-order valence-electron chi connectivity index (χ1n) is 7.05. The molecule has 2 aromatic carbocycles. The Morgan fingerprint density at radius 1 is 1.17 bits per heavy atom. The lowest BCUT2D eigenvalue weighted by molar-refractivity contribution is 0.0520. The third-order valence-electron chi connectivity index (χ3n) is 3.52. The Bertz CT molecular complexity index is 953. The molecule has 0 fully saturated rings. The van der Waals surface area contributed by atoms with Crippen molar-refractivity contribution in [3.63, 3.8) is 0 Å². The van der Waals surface area contributed by atoms with E-state index < -0.39 is 23.4 Å². The van der Waals surface area contributed by atoms with Crippen molar-refractivity contribution in [3.05, 3.63) is 57.0 Å². The average molecular weight is 445 g/mol. The Labute approximate surface area is 149 Å². The maximum Gasteiger partial charge on any atom is 0.354 e. The minimum atomic E-state index is -1.27. The molecule has 0 aliphatic rings. The van der Waals surface area contributed by atoms with E-state index in [1.54, 1.807) is 25.1 Å². The molecule has 124 valence electrons. The summed E-state index contributed by atoms with van der Waals surface area (Å²) in [6, 6.07) is 6.22. The van der Waals surface area contributed by atoms with Crippen LogP contribution in [0.4, 0.5) is 13.2 Å². The number of ether oxygens (including phenoxy) is 1. The van der Waals surface area contributed by atoms with Crippen molar-refractivity contribution >= 4 is 39.5 Å². The van der Waals surface area contributed by atoms with Crippen LogP contribution in [0.15, 0.2) is 30.3 Å². The highest BCUT2D eigenvalue weighted by Gasteiger charge is 2.19. The fourth-order valence-corrected chi connectivity index (χ4v) is 3.09. The standard InChI is InChI=1S/C17H11F3INO2/c1-2-24-17(23)14-7-11-13(21)4-3-9(16(11)22-14)10-5-8(18)6-12(19)15(10)20/h3-7,22H,2H2,1H3. The second-order valence-corrected chi connectivity index (χ2v) is 6.20. The van der Waals surface area contributed by atoms with E-state index in [2.05, 4.69) is 27.6 Å². The van der Waals surface area contributed by atoms with Gasteiger partial charge < -0.3 is 9.72 Å². The third kappa shape index (κ3) is 2.88. The van der Waals surface area contributed by atoms with Gasteiger partial charge in [-0.25, -0.2) is 18.0 Å². The fraction of sp³-hybridized carbons (Fsp3) is 0.118. The number of H-pyrrole nitrogens is 1. The normalized spacial score (nSPS) is 11.0. The molecule has 1 heterocycles. The van der Waals surface area contributed by atoms with Gasteiger partial charge in [-0.2, -0.15) is 0 Å². The number of carbonyl (C=O) groups is 1. The van der Waals surface area contributed by atoms with E-state index in [0.29, 0.717) is 17.0 Å². The van der Waals surface area contributed by atoms with Crippen LogP contribution in [0.5, 0.6) is 0 Å². The highest BCUT2D eigenvalue weighted by Crippen LogP contribution is 2.34. The summed E-state index contributed by atoms with van der Waals surface area (Å²) < 4.78 is 46.9. The zero-order valence-corrected chi connectivity index (χ0v) is 14.6. The Morgan fingerprint density at radius 3 is 2.62 bits per heavy atom. The first kappa shape index (κ1) is 16.8. The first-order valence-corrected chi connectivity index (χ1v) is 8.13. The number of fused-ring (bicyclic) bond motifs is 1. The molecule has 0 aliphatic heterocycles.